The van der Waals surface area contributed by atoms with E-state index in [-0.39, 0.29) is 6.04 Å². The van der Waals surface area contributed by atoms with Crippen molar-refractivity contribution in [3.05, 3.63) is 174 Å². The highest BCUT2D eigenvalue weighted by molar-refractivity contribution is 6.21. The molecule has 0 saturated carbocycles. The van der Waals surface area contributed by atoms with E-state index >= 15 is 0 Å². The number of fused-ring (bicyclic) bond motifs is 8. The molecule has 0 bridgehead atoms. The van der Waals surface area contributed by atoms with Crippen molar-refractivity contribution < 1.29 is 4.42 Å². The molecule has 0 spiro atoms. The Morgan fingerprint density at radius 1 is 0.531 bits per heavy atom. The van der Waals surface area contributed by atoms with E-state index in [2.05, 4.69) is 179 Å². The van der Waals surface area contributed by atoms with Gasteiger partial charge in [0.25, 0.3) is 0 Å². The van der Waals surface area contributed by atoms with Crippen molar-refractivity contribution in [2.45, 2.75) is 12.5 Å². The number of aromatic nitrogens is 1. The molecule has 1 unspecified atom stereocenters. The van der Waals surface area contributed by atoms with Crippen molar-refractivity contribution in [3.8, 4) is 16.8 Å². The van der Waals surface area contributed by atoms with Crippen LogP contribution in [0.1, 0.15) is 6.42 Å². The summed E-state index contributed by atoms with van der Waals surface area (Å²) in [5, 5.41) is 7.48. The first kappa shape index (κ1) is 27.8. The van der Waals surface area contributed by atoms with E-state index in [9.17, 15) is 0 Å². The predicted molar refractivity (Wildman–Crippen MR) is 205 cm³/mol. The Morgan fingerprint density at radius 3 is 2.00 bits per heavy atom. The van der Waals surface area contributed by atoms with Crippen molar-refractivity contribution >= 4 is 67.1 Å². The Labute approximate surface area is 283 Å². The smallest absolute Gasteiger partial charge is 0.135 e. The van der Waals surface area contributed by atoms with Gasteiger partial charge in [-0.15, -0.1) is 0 Å². The molecule has 1 aliphatic carbocycles. The van der Waals surface area contributed by atoms with E-state index < -0.39 is 0 Å². The maximum Gasteiger partial charge on any atom is 0.135 e. The van der Waals surface area contributed by atoms with Gasteiger partial charge >= 0.3 is 0 Å². The van der Waals surface area contributed by atoms with Gasteiger partial charge in [0.05, 0.1) is 17.1 Å². The van der Waals surface area contributed by atoms with Crippen LogP contribution < -0.4 is 15.5 Å². The first-order valence-electron chi connectivity index (χ1n) is 17.0. The Bertz CT molecular complexity index is 2790. The minimum absolute atomic E-state index is 0.0843. The van der Waals surface area contributed by atoms with Crippen LogP contribution in [0, 0.1) is 0 Å². The zero-order valence-electron chi connectivity index (χ0n) is 26.8. The van der Waals surface area contributed by atoms with E-state index in [1.54, 1.807) is 0 Å². The number of para-hydroxylation sites is 2. The lowest BCUT2D eigenvalue weighted by molar-refractivity contribution is 0.568. The van der Waals surface area contributed by atoms with Gasteiger partial charge in [-0.05, 0) is 89.0 Å². The standard InChI is InChI=1S/C46H32N2O/c1-2-10-31(11-3-1)32-18-21-34(22-19-32)47(37-27-28-40-39-14-7-9-17-44(39)49-45(40)30-37)35-23-25-36(26-24-35)48-42-16-8-6-15-41(42)46-38-13-5-4-12-33(38)20-29-43(46)48/h1-26,28-30,37H,27H2. The van der Waals surface area contributed by atoms with Crippen LogP contribution in [-0.2, 0) is 0 Å². The Balaban J connectivity index is 1.11. The fourth-order valence-electron chi connectivity index (χ4n) is 7.84. The normalized spacial score (nSPS) is 14.2. The number of hydrogen-bond acceptors (Lipinski definition) is 2. The van der Waals surface area contributed by atoms with Gasteiger partial charge in [-0.2, -0.15) is 0 Å². The maximum absolute atomic E-state index is 6.38. The van der Waals surface area contributed by atoms with Gasteiger partial charge in [-0.25, -0.2) is 0 Å². The van der Waals surface area contributed by atoms with Crippen LogP contribution in [0.2, 0.25) is 0 Å². The van der Waals surface area contributed by atoms with Crippen LogP contribution in [0.4, 0.5) is 11.4 Å². The summed E-state index contributed by atoms with van der Waals surface area (Å²) < 4.78 is 8.79. The molecule has 0 aliphatic heterocycles. The molecule has 0 radical (unpaired) electrons. The van der Waals surface area contributed by atoms with Crippen molar-refractivity contribution in [1.29, 1.82) is 0 Å². The molecule has 1 aliphatic rings. The number of furan rings is 1. The molecule has 1 atom stereocenters. The first-order valence-corrected chi connectivity index (χ1v) is 17.0. The molecule has 10 rings (SSSR count). The van der Waals surface area contributed by atoms with E-state index in [0.29, 0.717) is 0 Å². The number of rotatable bonds is 5. The average Bonchev–Trinajstić information content (AvgIpc) is 3.72. The lowest BCUT2D eigenvalue weighted by Gasteiger charge is -2.32. The Morgan fingerprint density at radius 2 is 1.18 bits per heavy atom. The summed E-state index contributed by atoms with van der Waals surface area (Å²) in [5.74, 6) is 0. The molecule has 2 aromatic heterocycles. The molecular weight excluding hydrogens is 597 g/mol. The van der Waals surface area contributed by atoms with Crippen LogP contribution in [-0.4, -0.2) is 10.6 Å². The summed E-state index contributed by atoms with van der Waals surface area (Å²) in [6.45, 7) is 0. The van der Waals surface area contributed by atoms with E-state index in [4.69, 9.17) is 4.42 Å². The number of anilines is 2. The van der Waals surface area contributed by atoms with Gasteiger partial charge in [0.15, 0.2) is 0 Å². The summed E-state index contributed by atoms with van der Waals surface area (Å²) in [5.41, 5.74) is 10.1. The molecule has 0 N–H and O–H groups in total. The number of nitrogens with zero attached hydrogens (tertiary/aromatic N) is 2. The van der Waals surface area contributed by atoms with Crippen LogP contribution in [0.5, 0.6) is 0 Å². The zero-order chi connectivity index (χ0) is 32.3. The minimum atomic E-state index is 0.0843. The van der Waals surface area contributed by atoms with Gasteiger partial charge in [0.2, 0.25) is 0 Å². The van der Waals surface area contributed by atoms with Gasteiger partial charge in [-0.1, -0.05) is 115 Å². The second-order valence-electron chi connectivity index (χ2n) is 12.9. The fourth-order valence-corrected chi connectivity index (χ4v) is 7.84. The monoisotopic (exact) mass is 628 g/mol. The third-order valence-electron chi connectivity index (χ3n) is 10.1. The lowest BCUT2D eigenvalue weighted by atomic mass is 10.0. The van der Waals surface area contributed by atoms with E-state index in [0.717, 1.165) is 34.5 Å². The number of benzene rings is 7. The Hall–Kier alpha value is -6.32. The number of hydrogen-bond donors (Lipinski definition) is 0. The topological polar surface area (TPSA) is 21.3 Å². The molecule has 3 heteroatoms. The van der Waals surface area contributed by atoms with Crippen LogP contribution in [0.3, 0.4) is 0 Å². The molecule has 2 heterocycles. The van der Waals surface area contributed by atoms with Gasteiger partial charge in [0.1, 0.15) is 11.0 Å². The van der Waals surface area contributed by atoms with Crippen molar-refractivity contribution in [3.63, 3.8) is 0 Å². The SMILES string of the molecule is C1=c2oc3ccccc3c2=CCC1N(c1ccc(-c2ccccc2)cc1)c1ccc(-n2c3ccccc3c3c4ccccc4ccc32)cc1. The highest BCUT2D eigenvalue weighted by atomic mass is 16.3. The summed E-state index contributed by atoms with van der Waals surface area (Å²) in [4.78, 5) is 2.45. The second kappa shape index (κ2) is 11.1. The highest BCUT2D eigenvalue weighted by Crippen LogP contribution is 2.38. The molecule has 0 amide bonds. The summed E-state index contributed by atoms with van der Waals surface area (Å²) in [6, 6.07) is 59.0. The van der Waals surface area contributed by atoms with Gasteiger partial charge in [0, 0.05) is 38.4 Å². The van der Waals surface area contributed by atoms with Gasteiger partial charge in [-0.3, -0.25) is 0 Å². The summed E-state index contributed by atoms with van der Waals surface area (Å²) in [6.07, 6.45) is 5.51. The quantitative estimate of drug-likeness (QED) is 0.189. The highest BCUT2D eigenvalue weighted by Gasteiger charge is 2.23. The third-order valence-corrected chi connectivity index (χ3v) is 10.1. The molecule has 0 saturated heterocycles. The van der Waals surface area contributed by atoms with E-state index in [1.807, 2.05) is 6.07 Å². The van der Waals surface area contributed by atoms with Crippen LogP contribution in [0.15, 0.2) is 168 Å². The molecule has 0 fully saturated rings. The summed E-state index contributed by atoms with van der Waals surface area (Å²) in [7, 11) is 0. The van der Waals surface area contributed by atoms with Crippen molar-refractivity contribution in [2.24, 2.45) is 0 Å². The summed E-state index contributed by atoms with van der Waals surface area (Å²) >= 11 is 0. The predicted octanol–water partition coefficient (Wildman–Crippen LogP) is 10.5. The lowest BCUT2D eigenvalue weighted by Crippen LogP contribution is -2.36. The fraction of sp³-hybridized carbons (Fsp3) is 0.0435. The molecule has 49 heavy (non-hydrogen) atoms. The minimum Gasteiger partial charge on any atom is -0.456 e. The largest absolute Gasteiger partial charge is 0.456 e. The molecule has 7 aromatic carbocycles. The zero-order valence-corrected chi connectivity index (χ0v) is 26.8. The molecule has 232 valence electrons. The van der Waals surface area contributed by atoms with Crippen LogP contribution >= 0.6 is 0 Å². The van der Waals surface area contributed by atoms with Gasteiger partial charge < -0.3 is 13.9 Å². The average molecular weight is 629 g/mol. The van der Waals surface area contributed by atoms with Crippen molar-refractivity contribution in [2.75, 3.05) is 4.90 Å². The molecule has 9 aromatic rings. The van der Waals surface area contributed by atoms with Crippen molar-refractivity contribution in [1.82, 2.24) is 4.57 Å². The van der Waals surface area contributed by atoms with Crippen LogP contribution in [0.25, 0.3) is 72.5 Å². The molecule has 3 nitrogen and oxygen atoms in total. The maximum atomic E-state index is 6.38. The second-order valence-corrected chi connectivity index (χ2v) is 12.9. The molecular formula is C46H32N2O. The first-order chi connectivity index (χ1) is 24.3. The van der Waals surface area contributed by atoms with E-state index in [1.165, 1.54) is 54.3 Å². The third kappa shape index (κ3) is 4.51. The Kier molecular flexibility index (Phi) is 6.31.